The summed E-state index contributed by atoms with van der Waals surface area (Å²) >= 11 is 1.53. The molecule has 0 saturated carbocycles. The molecular formula is C23H21N3OS. The fraction of sp³-hybridized carbons (Fsp3) is 0.217. The fourth-order valence-corrected chi connectivity index (χ4v) is 4.76. The van der Waals surface area contributed by atoms with Crippen LogP contribution in [0.2, 0.25) is 0 Å². The molecule has 1 aliphatic heterocycles. The first-order valence-corrected chi connectivity index (χ1v) is 10.1. The van der Waals surface area contributed by atoms with Crippen LogP contribution >= 0.6 is 11.3 Å². The molecule has 0 radical (unpaired) electrons. The zero-order valence-corrected chi connectivity index (χ0v) is 16.6. The first-order valence-electron chi connectivity index (χ1n) is 9.33. The van der Waals surface area contributed by atoms with Gasteiger partial charge < -0.3 is 5.32 Å². The number of thiophene rings is 1. The summed E-state index contributed by atoms with van der Waals surface area (Å²) in [6.45, 7) is 4.61. The van der Waals surface area contributed by atoms with Crippen molar-refractivity contribution in [1.82, 2.24) is 4.90 Å². The van der Waals surface area contributed by atoms with Crippen LogP contribution in [0, 0.1) is 18.3 Å². The van der Waals surface area contributed by atoms with Crippen molar-refractivity contribution in [3.8, 4) is 6.07 Å². The summed E-state index contributed by atoms with van der Waals surface area (Å²) in [4.78, 5) is 16.2. The third-order valence-corrected chi connectivity index (χ3v) is 6.17. The Morgan fingerprint density at radius 2 is 1.93 bits per heavy atom. The number of amides is 1. The van der Waals surface area contributed by atoms with E-state index in [9.17, 15) is 10.1 Å². The summed E-state index contributed by atoms with van der Waals surface area (Å²) in [5.74, 6) is -0.170. The molecular weight excluding hydrogens is 366 g/mol. The van der Waals surface area contributed by atoms with Crippen LogP contribution in [0.1, 0.15) is 37.5 Å². The van der Waals surface area contributed by atoms with Gasteiger partial charge >= 0.3 is 0 Å². The second kappa shape index (κ2) is 7.97. The zero-order chi connectivity index (χ0) is 19.5. The number of nitriles is 1. The summed E-state index contributed by atoms with van der Waals surface area (Å²) in [5, 5.41) is 13.3. The molecule has 140 valence electrons. The van der Waals surface area contributed by atoms with Crippen LogP contribution in [0.25, 0.3) is 0 Å². The molecule has 1 aliphatic rings. The summed E-state index contributed by atoms with van der Waals surface area (Å²) in [6, 6.07) is 20.2. The van der Waals surface area contributed by atoms with Gasteiger partial charge in [0.2, 0.25) is 0 Å². The van der Waals surface area contributed by atoms with E-state index in [1.807, 2.05) is 37.3 Å². The molecule has 1 aromatic heterocycles. The Morgan fingerprint density at radius 1 is 1.18 bits per heavy atom. The summed E-state index contributed by atoms with van der Waals surface area (Å²) < 4.78 is 0. The Bertz CT molecular complexity index is 1030. The number of carbonyl (C=O) groups is 1. The highest BCUT2D eigenvalue weighted by Gasteiger charge is 2.25. The zero-order valence-electron chi connectivity index (χ0n) is 15.7. The first-order chi connectivity index (χ1) is 13.6. The van der Waals surface area contributed by atoms with Crippen molar-refractivity contribution in [3.05, 3.63) is 87.3 Å². The van der Waals surface area contributed by atoms with Crippen molar-refractivity contribution in [3.63, 3.8) is 0 Å². The molecule has 0 spiro atoms. The summed E-state index contributed by atoms with van der Waals surface area (Å²) in [6.07, 6.45) is 0.835. The predicted molar refractivity (Wildman–Crippen MR) is 112 cm³/mol. The summed E-state index contributed by atoms with van der Waals surface area (Å²) in [5.41, 5.74) is 4.72. The van der Waals surface area contributed by atoms with Crippen LogP contribution < -0.4 is 5.32 Å². The van der Waals surface area contributed by atoms with Gasteiger partial charge in [-0.15, -0.1) is 11.3 Å². The molecule has 0 bridgehead atoms. The lowest BCUT2D eigenvalue weighted by molar-refractivity contribution is 0.102. The van der Waals surface area contributed by atoms with Crippen LogP contribution in [-0.4, -0.2) is 17.4 Å². The van der Waals surface area contributed by atoms with Crippen LogP contribution in [0.15, 0.2) is 54.6 Å². The number of hydrogen-bond donors (Lipinski definition) is 1. The second-order valence-electron chi connectivity index (χ2n) is 7.09. The molecule has 1 N–H and O–H groups in total. The van der Waals surface area contributed by atoms with E-state index in [0.29, 0.717) is 16.1 Å². The van der Waals surface area contributed by atoms with E-state index in [1.54, 1.807) is 0 Å². The number of carbonyl (C=O) groups excluding carboxylic acids is 1. The van der Waals surface area contributed by atoms with Gasteiger partial charge in [0.15, 0.2) is 0 Å². The number of nitrogens with zero attached hydrogens (tertiary/aromatic N) is 2. The third-order valence-electron chi connectivity index (χ3n) is 5.04. The lowest BCUT2D eigenvalue weighted by atomic mass is 10.0. The lowest BCUT2D eigenvalue weighted by Crippen LogP contribution is -2.29. The predicted octanol–water partition coefficient (Wildman–Crippen LogP) is 4.74. The van der Waals surface area contributed by atoms with Gasteiger partial charge in [0, 0.05) is 30.1 Å². The lowest BCUT2D eigenvalue weighted by Gasteiger charge is -2.26. The fourth-order valence-electron chi connectivity index (χ4n) is 3.52. The molecule has 0 unspecified atom stereocenters. The van der Waals surface area contributed by atoms with E-state index in [2.05, 4.69) is 40.6 Å². The van der Waals surface area contributed by atoms with Gasteiger partial charge in [-0.3, -0.25) is 9.69 Å². The minimum absolute atomic E-state index is 0.170. The minimum Gasteiger partial charge on any atom is -0.312 e. The molecule has 3 aromatic rings. The Morgan fingerprint density at radius 3 is 2.64 bits per heavy atom. The van der Waals surface area contributed by atoms with Gasteiger partial charge in [-0.1, -0.05) is 48.0 Å². The summed E-state index contributed by atoms with van der Waals surface area (Å²) in [7, 11) is 0. The van der Waals surface area contributed by atoms with Gasteiger partial charge in [0.1, 0.15) is 11.1 Å². The maximum absolute atomic E-state index is 12.6. The topological polar surface area (TPSA) is 56.1 Å². The number of benzene rings is 2. The highest BCUT2D eigenvalue weighted by Crippen LogP contribution is 2.37. The van der Waals surface area contributed by atoms with Crippen molar-refractivity contribution < 1.29 is 4.79 Å². The van der Waals surface area contributed by atoms with Gasteiger partial charge in [-0.05, 0) is 36.6 Å². The van der Waals surface area contributed by atoms with Crippen LogP contribution in [0.4, 0.5) is 5.00 Å². The normalized spacial score (nSPS) is 13.6. The van der Waals surface area contributed by atoms with Gasteiger partial charge in [-0.2, -0.15) is 5.26 Å². The van der Waals surface area contributed by atoms with Crippen molar-refractivity contribution in [2.24, 2.45) is 0 Å². The standard InChI is InChI=1S/C23H21N3OS/c1-16-7-9-18(10-8-16)22(27)25-23-20(13-24)19-11-12-26(15-21(19)28-23)14-17-5-3-2-4-6-17/h2-10H,11-12,14-15H2,1H3,(H,25,27). The monoisotopic (exact) mass is 387 g/mol. The molecule has 4 rings (SSSR count). The Hall–Kier alpha value is -2.94. The molecule has 4 nitrogen and oxygen atoms in total. The maximum Gasteiger partial charge on any atom is 0.256 e. The van der Waals surface area contributed by atoms with E-state index < -0.39 is 0 Å². The first kappa shape index (κ1) is 18.4. The van der Waals surface area contributed by atoms with E-state index in [4.69, 9.17) is 0 Å². The van der Waals surface area contributed by atoms with Crippen LogP contribution in [0.5, 0.6) is 0 Å². The molecule has 0 fully saturated rings. The average Bonchev–Trinajstić information content (AvgIpc) is 3.05. The van der Waals surface area contributed by atoms with Crippen LogP contribution in [-0.2, 0) is 19.5 Å². The van der Waals surface area contributed by atoms with Gasteiger partial charge in [-0.25, -0.2) is 0 Å². The smallest absolute Gasteiger partial charge is 0.256 e. The van der Waals surface area contributed by atoms with Crippen molar-refractivity contribution in [2.45, 2.75) is 26.4 Å². The molecule has 2 heterocycles. The number of nitrogens with one attached hydrogen (secondary N) is 1. The Balaban J connectivity index is 1.52. The maximum atomic E-state index is 12.6. The second-order valence-corrected chi connectivity index (χ2v) is 8.19. The molecule has 1 amide bonds. The number of fused-ring (bicyclic) bond motifs is 1. The minimum atomic E-state index is -0.170. The van der Waals surface area contributed by atoms with Crippen molar-refractivity contribution in [2.75, 3.05) is 11.9 Å². The number of anilines is 1. The number of hydrogen-bond acceptors (Lipinski definition) is 4. The Labute approximate surface area is 169 Å². The van der Waals surface area contributed by atoms with E-state index in [1.165, 1.54) is 21.8 Å². The van der Waals surface area contributed by atoms with E-state index in [0.717, 1.165) is 37.2 Å². The molecule has 28 heavy (non-hydrogen) atoms. The SMILES string of the molecule is Cc1ccc(C(=O)Nc2sc3c(c2C#N)CCN(Cc2ccccc2)C3)cc1. The van der Waals surface area contributed by atoms with E-state index >= 15 is 0 Å². The molecule has 0 aliphatic carbocycles. The quantitative estimate of drug-likeness (QED) is 0.703. The molecule has 0 atom stereocenters. The van der Waals surface area contributed by atoms with Crippen LogP contribution in [0.3, 0.4) is 0 Å². The third kappa shape index (κ3) is 3.84. The van der Waals surface area contributed by atoms with Gasteiger partial charge in [0.05, 0.1) is 5.56 Å². The Kier molecular flexibility index (Phi) is 5.25. The largest absolute Gasteiger partial charge is 0.312 e. The van der Waals surface area contributed by atoms with Gasteiger partial charge in [0.25, 0.3) is 5.91 Å². The van der Waals surface area contributed by atoms with Crippen molar-refractivity contribution >= 4 is 22.2 Å². The average molecular weight is 388 g/mol. The highest BCUT2D eigenvalue weighted by molar-refractivity contribution is 7.16. The number of rotatable bonds is 4. The van der Waals surface area contributed by atoms with Crippen molar-refractivity contribution in [1.29, 1.82) is 5.26 Å². The highest BCUT2D eigenvalue weighted by atomic mass is 32.1. The number of aryl methyl sites for hydroxylation is 1. The van der Waals surface area contributed by atoms with E-state index in [-0.39, 0.29) is 5.91 Å². The molecule has 2 aromatic carbocycles. The molecule has 0 saturated heterocycles. The molecule has 5 heteroatoms.